The Bertz CT molecular complexity index is 908. The molecule has 8 heteroatoms. The number of hydrogen-bond donors (Lipinski definition) is 1. The van der Waals surface area contributed by atoms with Crippen molar-refractivity contribution in [3.8, 4) is 0 Å². The zero-order valence-electron chi connectivity index (χ0n) is 16.9. The number of hydrogen-bond acceptors (Lipinski definition) is 6. The second-order valence-corrected chi connectivity index (χ2v) is 7.47. The number of amides is 1. The monoisotopic (exact) mass is 411 g/mol. The Morgan fingerprint density at radius 2 is 1.87 bits per heavy atom. The minimum absolute atomic E-state index is 0.106. The number of non-ortho nitro benzene ring substituents is 1. The second-order valence-electron chi connectivity index (χ2n) is 7.47. The van der Waals surface area contributed by atoms with E-state index in [1.807, 2.05) is 35.2 Å². The number of nitrogens with one attached hydrogen (secondary N) is 1. The molecule has 0 aliphatic carbocycles. The first-order valence-corrected chi connectivity index (χ1v) is 9.95. The predicted octanol–water partition coefficient (Wildman–Crippen LogP) is 3.30. The van der Waals surface area contributed by atoms with E-state index in [2.05, 4.69) is 12.2 Å². The molecule has 3 rings (SSSR count). The summed E-state index contributed by atoms with van der Waals surface area (Å²) in [4.78, 5) is 37.4. The molecular weight excluding hydrogens is 386 g/mol. The average molecular weight is 411 g/mol. The van der Waals surface area contributed by atoms with Gasteiger partial charge in [0.15, 0.2) is 6.61 Å². The number of anilines is 1. The van der Waals surface area contributed by atoms with Crippen molar-refractivity contribution in [2.24, 2.45) is 5.92 Å². The maximum absolute atomic E-state index is 12.7. The summed E-state index contributed by atoms with van der Waals surface area (Å²) in [7, 11) is 0. The Hall–Kier alpha value is -3.42. The van der Waals surface area contributed by atoms with Gasteiger partial charge in [-0.15, -0.1) is 0 Å². The maximum atomic E-state index is 12.7. The van der Waals surface area contributed by atoms with Crippen molar-refractivity contribution in [3.63, 3.8) is 0 Å². The number of carbonyl (C=O) groups excluding carboxylic acids is 2. The highest BCUT2D eigenvalue weighted by Crippen LogP contribution is 2.29. The maximum Gasteiger partial charge on any atom is 0.341 e. The number of ether oxygens (including phenoxy) is 1. The van der Waals surface area contributed by atoms with Crippen LogP contribution in [0.15, 0.2) is 48.5 Å². The van der Waals surface area contributed by atoms with Crippen LogP contribution in [0.5, 0.6) is 0 Å². The first-order chi connectivity index (χ1) is 14.4. The highest BCUT2D eigenvalue weighted by molar-refractivity contribution is 5.97. The number of nitrogens with zero attached hydrogens (tertiary/aromatic N) is 2. The van der Waals surface area contributed by atoms with Gasteiger partial charge in [0, 0.05) is 31.8 Å². The number of nitro benzene ring substituents is 1. The van der Waals surface area contributed by atoms with Gasteiger partial charge in [-0.05, 0) is 30.4 Å². The number of carbonyl (C=O) groups is 2. The molecule has 0 unspecified atom stereocenters. The van der Waals surface area contributed by atoms with E-state index < -0.39 is 23.4 Å². The molecule has 1 aliphatic rings. The molecule has 0 spiro atoms. The van der Waals surface area contributed by atoms with E-state index in [1.54, 1.807) is 6.07 Å². The van der Waals surface area contributed by atoms with Gasteiger partial charge >= 0.3 is 5.97 Å². The minimum atomic E-state index is -0.748. The fourth-order valence-corrected chi connectivity index (χ4v) is 3.38. The predicted molar refractivity (Wildman–Crippen MR) is 112 cm³/mol. The van der Waals surface area contributed by atoms with E-state index >= 15 is 0 Å². The molecule has 0 bridgehead atoms. The first-order valence-electron chi connectivity index (χ1n) is 9.95. The molecule has 0 radical (unpaired) electrons. The summed E-state index contributed by atoms with van der Waals surface area (Å²) in [6, 6.07) is 13.6. The summed E-state index contributed by atoms with van der Waals surface area (Å²) < 4.78 is 5.17. The molecule has 1 aliphatic heterocycles. The van der Waals surface area contributed by atoms with E-state index in [9.17, 15) is 19.7 Å². The van der Waals surface area contributed by atoms with Crippen LogP contribution < -0.4 is 10.2 Å². The van der Waals surface area contributed by atoms with Gasteiger partial charge in [0.1, 0.15) is 0 Å². The smallest absolute Gasteiger partial charge is 0.341 e. The zero-order valence-corrected chi connectivity index (χ0v) is 16.9. The molecule has 1 heterocycles. The van der Waals surface area contributed by atoms with E-state index in [1.165, 1.54) is 12.1 Å². The van der Waals surface area contributed by atoms with E-state index in [0.717, 1.165) is 31.5 Å². The molecule has 158 valence electrons. The zero-order chi connectivity index (χ0) is 21.5. The van der Waals surface area contributed by atoms with Gasteiger partial charge < -0.3 is 15.0 Å². The highest BCUT2D eigenvalue weighted by Gasteiger charge is 2.24. The third-order valence-electron chi connectivity index (χ3n) is 5.20. The van der Waals surface area contributed by atoms with Crippen LogP contribution in [0, 0.1) is 16.0 Å². The lowest BCUT2D eigenvalue weighted by atomic mass is 9.98. The molecule has 8 nitrogen and oxygen atoms in total. The summed E-state index contributed by atoms with van der Waals surface area (Å²) in [6.07, 6.45) is 1.96. The van der Waals surface area contributed by atoms with Crippen LogP contribution in [0.2, 0.25) is 0 Å². The van der Waals surface area contributed by atoms with Gasteiger partial charge in [-0.2, -0.15) is 0 Å². The molecule has 1 amide bonds. The van der Waals surface area contributed by atoms with Crippen LogP contribution in [0.4, 0.5) is 11.4 Å². The van der Waals surface area contributed by atoms with Crippen LogP contribution in [0.1, 0.15) is 35.7 Å². The van der Waals surface area contributed by atoms with Crippen LogP contribution >= 0.6 is 0 Å². The summed E-state index contributed by atoms with van der Waals surface area (Å²) in [6.45, 7) is 3.57. The molecule has 2 aromatic rings. The standard InChI is InChI=1S/C22H25N3O5/c1-16-9-11-24(12-10-16)20-8-7-18(25(28)29)13-19(20)22(27)30-15-21(26)23-14-17-5-3-2-4-6-17/h2-8,13,16H,9-12,14-15H2,1H3,(H,23,26). The minimum Gasteiger partial charge on any atom is -0.452 e. The quantitative estimate of drug-likeness (QED) is 0.426. The van der Waals surface area contributed by atoms with Gasteiger partial charge in [0.05, 0.1) is 16.2 Å². The lowest BCUT2D eigenvalue weighted by Crippen LogP contribution is -2.34. The van der Waals surface area contributed by atoms with Crippen LogP contribution in [-0.4, -0.2) is 36.5 Å². The molecule has 1 saturated heterocycles. The van der Waals surface area contributed by atoms with Crippen molar-refractivity contribution in [3.05, 3.63) is 69.8 Å². The van der Waals surface area contributed by atoms with Crippen LogP contribution in [0.3, 0.4) is 0 Å². The fraction of sp³-hybridized carbons (Fsp3) is 0.364. The molecule has 1 fully saturated rings. The van der Waals surface area contributed by atoms with Crippen molar-refractivity contribution in [2.45, 2.75) is 26.3 Å². The third kappa shape index (κ3) is 5.56. The molecule has 30 heavy (non-hydrogen) atoms. The van der Waals surface area contributed by atoms with Crippen molar-refractivity contribution >= 4 is 23.3 Å². The Balaban J connectivity index is 1.66. The molecule has 0 atom stereocenters. The Morgan fingerprint density at radius 1 is 1.17 bits per heavy atom. The van der Waals surface area contributed by atoms with Crippen molar-refractivity contribution in [1.82, 2.24) is 5.32 Å². The van der Waals surface area contributed by atoms with Gasteiger partial charge in [0.2, 0.25) is 0 Å². The lowest BCUT2D eigenvalue weighted by molar-refractivity contribution is -0.384. The van der Waals surface area contributed by atoms with Crippen LogP contribution in [0.25, 0.3) is 0 Å². The third-order valence-corrected chi connectivity index (χ3v) is 5.20. The summed E-state index contributed by atoms with van der Waals surface area (Å²) in [5.41, 5.74) is 1.44. The number of piperidine rings is 1. The van der Waals surface area contributed by atoms with Gasteiger partial charge in [0.25, 0.3) is 11.6 Å². The summed E-state index contributed by atoms with van der Waals surface area (Å²) >= 11 is 0. The van der Waals surface area contributed by atoms with E-state index in [4.69, 9.17) is 4.74 Å². The van der Waals surface area contributed by atoms with Gasteiger partial charge in [-0.25, -0.2) is 4.79 Å². The van der Waals surface area contributed by atoms with Gasteiger partial charge in [-0.1, -0.05) is 37.3 Å². The summed E-state index contributed by atoms with van der Waals surface area (Å²) in [5, 5.41) is 13.9. The number of benzene rings is 2. The Kier molecular flexibility index (Phi) is 7.00. The molecular formula is C22H25N3O5. The van der Waals surface area contributed by atoms with E-state index in [0.29, 0.717) is 18.2 Å². The lowest BCUT2D eigenvalue weighted by Gasteiger charge is -2.33. The second kappa shape index (κ2) is 9.87. The Morgan fingerprint density at radius 3 is 2.53 bits per heavy atom. The fourth-order valence-electron chi connectivity index (χ4n) is 3.38. The molecule has 2 aromatic carbocycles. The number of esters is 1. The van der Waals surface area contributed by atoms with E-state index in [-0.39, 0.29) is 11.3 Å². The topological polar surface area (TPSA) is 102 Å². The molecule has 1 N–H and O–H groups in total. The van der Waals surface area contributed by atoms with Crippen molar-refractivity contribution in [1.29, 1.82) is 0 Å². The number of rotatable bonds is 7. The average Bonchev–Trinajstić information content (AvgIpc) is 2.77. The highest BCUT2D eigenvalue weighted by atomic mass is 16.6. The normalized spacial score (nSPS) is 14.2. The SMILES string of the molecule is CC1CCN(c2ccc([N+](=O)[O-])cc2C(=O)OCC(=O)NCc2ccccc2)CC1. The van der Waals surface area contributed by atoms with Crippen LogP contribution in [-0.2, 0) is 16.1 Å². The Labute approximate surface area is 175 Å². The first kappa shape index (κ1) is 21.3. The number of nitro groups is 1. The molecule has 0 saturated carbocycles. The van der Waals surface area contributed by atoms with Crippen molar-refractivity contribution in [2.75, 3.05) is 24.6 Å². The summed E-state index contributed by atoms with van der Waals surface area (Å²) in [5.74, 6) is -0.587. The largest absolute Gasteiger partial charge is 0.452 e. The van der Waals surface area contributed by atoms with Gasteiger partial charge in [-0.3, -0.25) is 14.9 Å². The molecule has 0 aromatic heterocycles. The van der Waals surface area contributed by atoms with Crippen molar-refractivity contribution < 1.29 is 19.2 Å².